The molecule has 3 N–H and O–H groups in total. The van der Waals surface area contributed by atoms with Crippen LogP contribution >= 0.6 is 11.6 Å². The lowest BCUT2D eigenvalue weighted by Gasteiger charge is -2.32. The van der Waals surface area contributed by atoms with E-state index in [1.54, 1.807) is 36.5 Å². The van der Waals surface area contributed by atoms with Gasteiger partial charge in [0.2, 0.25) is 17.7 Å². The average molecular weight is 828 g/mol. The average Bonchev–Trinajstić information content (AvgIpc) is 3.49. The Morgan fingerprint density at radius 2 is 1.75 bits per heavy atom. The van der Waals surface area contributed by atoms with Gasteiger partial charge in [-0.2, -0.15) is 0 Å². The van der Waals surface area contributed by atoms with Gasteiger partial charge in [-0.05, 0) is 98.0 Å². The first-order chi connectivity index (χ1) is 28.5. The zero-order valence-electron chi connectivity index (χ0n) is 32.3. The van der Waals surface area contributed by atoms with Gasteiger partial charge in [0, 0.05) is 42.2 Å². The monoisotopic (exact) mass is 827 g/mol. The lowest BCUT2D eigenvalue weighted by atomic mass is 9.73. The predicted molar refractivity (Wildman–Crippen MR) is 214 cm³/mol. The number of piperidine rings is 1. The molecular weight excluding hydrogens is 785 g/mol. The van der Waals surface area contributed by atoms with E-state index in [4.69, 9.17) is 25.8 Å². The highest BCUT2D eigenvalue weighted by atomic mass is 35.5. The van der Waals surface area contributed by atoms with E-state index in [0.29, 0.717) is 16.5 Å². The molecule has 2 aliphatic heterocycles. The highest BCUT2D eigenvalue weighted by Gasteiger charge is 2.46. The summed E-state index contributed by atoms with van der Waals surface area (Å²) >= 11 is 6.37. The Morgan fingerprint density at radius 1 is 0.932 bits per heavy atom. The Kier molecular flexibility index (Phi) is 12.8. The Labute approximate surface area is 344 Å². The number of ether oxygens (including phenoxy) is 3. The van der Waals surface area contributed by atoms with Crippen molar-refractivity contribution in [1.82, 2.24) is 20.5 Å². The molecule has 3 aromatic carbocycles. The third-order valence-electron chi connectivity index (χ3n) is 11.1. The standard InChI is InChI=1S/C43H43ClFN5O9/c1-24(25-5-7-26(8-6-25)29-15-16-46-33-12-9-27(45)21-31(29)33)40(53)48-28-10-11-32(44)36(22-28)58-20-19-57-18-17-47-38(52)23-59-35-4-2-3-30-39(35)43(56)50(42(30)55)34-13-14-37(51)49-41(34)54/h2-4,9-12,15-16,21-22,24-26,34H,5-8,13-14,17-20,23H2,1H3,(H,47,52)(H,48,53)(H,49,51,54)/t24-,25-,26+,34?/m1/s1. The third kappa shape index (κ3) is 9.36. The maximum atomic E-state index is 14.0. The van der Waals surface area contributed by atoms with Gasteiger partial charge in [0.25, 0.3) is 17.7 Å². The summed E-state index contributed by atoms with van der Waals surface area (Å²) in [5.41, 5.74) is 2.43. The molecule has 59 heavy (non-hydrogen) atoms. The van der Waals surface area contributed by atoms with Crippen LogP contribution in [0.25, 0.3) is 10.9 Å². The second kappa shape index (κ2) is 18.3. The summed E-state index contributed by atoms with van der Waals surface area (Å²) in [6.45, 7) is 2.13. The van der Waals surface area contributed by atoms with Gasteiger partial charge in [0.05, 0.1) is 34.9 Å². The lowest BCUT2D eigenvalue weighted by Crippen LogP contribution is -2.54. The molecule has 3 heterocycles. The SMILES string of the molecule is C[C@@H](C(=O)Nc1ccc(Cl)c(OCCOCCNC(=O)COc2cccc3c2C(=O)N(C2CCC(=O)NC2=O)C3=O)c1)[C@H]1CC[C@@H](c2ccnc3ccc(F)cc32)CC1. The molecule has 1 aliphatic carbocycles. The van der Waals surface area contributed by atoms with E-state index in [0.717, 1.165) is 47.0 Å². The molecule has 16 heteroatoms. The van der Waals surface area contributed by atoms with Crippen molar-refractivity contribution in [2.24, 2.45) is 11.8 Å². The van der Waals surface area contributed by atoms with Gasteiger partial charge in [-0.15, -0.1) is 0 Å². The number of amides is 6. The van der Waals surface area contributed by atoms with Crippen LogP contribution in [-0.4, -0.2) is 84.3 Å². The number of rotatable bonds is 15. The zero-order chi connectivity index (χ0) is 41.6. The highest BCUT2D eigenvalue weighted by molar-refractivity contribution is 6.32. The summed E-state index contributed by atoms with van der Waals surface area (Å²) in [4.78, 5) is 81.2. The number of nitrogens with zero attached hydrogens (tertiary/aromatic N) is 2. The quantitative estimate of drug-likeness (QED) is 0.101. The van der Waals surface area contributed by atoms with Crippen molar-refractivity contribution in [3.05, 3.63) is 94.4 Å². The van der Waals surface area contributed by atoms with Crippen LogP contribution < -0.4 is 25.4 Å². The molecule has 1 aromatic heterocycles. The van der Waals surface area contributed by atoms with Crippen molar-refractivity contribution in [2.45, 2.75) is 57.4 Å². The molecule has 2 atom stereocenters. The molecule has 1 unspecified atom stereocenters. The number of pyridine rings is 1. The molecule has 1 saturated heterocycles. The zero-order valence-corrected chi connectivity index (χ0v) is 33.0. The fourth-order valence-corrected chi connectivity index (χ4v) is 8.13. The summed E-state index contributed by atoms with van der Waals surface area (Å²) in [6.07, 6.45) is 5.34. The van der Waals surface area contributed by atoms with Crippen LogP contribution in [0.2, 0.25) is 5.02 Å². The molecule has 3 aliphatic rings. The van der Waals surface area contributed by atoms with Gasteiger partial charge < -0.3 is 24.8 Å². The Morgan fingerprint density at radius 3 is 2.54 bits per heavy atom. The molecule has 14 nitrogen and oxygen atoms in total. The summed E-state index contributed by atoms with van der Waals surface area (Å²) < 4.78 is 31.0. The number of carbonyl (C=O) groups is 6. The minimum atomic E-state index is -1.12. The fraction of sp³-hybridized carbons (Fsp3) is 0.372. The topological polar surface area (TPSA) is 182 Å². The lowest BCUT2D eigenvalue weighted by molar-refractivity contribution is -0.136. The van der Waals surface area contributed by atoms with Crippen molar-refractivity contribution in [2.75, 3.05) is 38.3 Å². The van der Waals surface area contributed by atoms with Gasteiger partial charge in [-0.1, -0.05) is 24.6 Å². The van der Waals surface area contributed by atoms with Crippen LogP contribution in [0.5, 0.6) is 11.5 Å². The van der Waals surface area contributed by atoms with Crippen LogP contribution in [0, 0.1) is 17.7 Å². The number of halogens is 2. The molecule has 7 rings (SSSR count). The number of hydrogen-bond acceptors (Lipinski definition) is 10. The molecule has 0 spiro atoms. The van der Waals surface area contributed by atoms with E-state index in [1.165, 1.54) is 24.3 Å². The van der Waals surface area contributed by atoms with Crippen LogP contribution in [-0.2, 0) is 23.9 Å². The first-order valence-corrected chi connectivity index (χ1v) is 20.0. The summed E-state index contributed by atoms with van der Waals surface area (Å²) in [5.74, 6) is -2.83. The first-order valence-electron chi connectivity index (χ1n) is 19.6. The minimum Gasteiger partial charge on any atom is -0.490 e. The van der Waals surface area contributed by atoms with E-state index in [1.807, 2.05) is 13.0 Å². The molecule has 0 bridgehead atoms. The number of carbonyl (C=O) groups excluding carboxylic acids is 6. The Bertz CT molecular complexity index is 2300. The second-order valence-corrected chi connectivity index (χ2v) is 15.2. The number of aromatic nitrogens is 1. The van der Waals surface area contributed by atoms with Crippen molar-refractivity contribution in [1.29, 1.82) is 0 Å². The minimum absolute atomic E-state index is 0.00430. The Hall–Kier alpha value is -5.93. The molecule has 0 radical (unpaired) electrons. The van der Waals surface area contributed by atoms with E-state index < -0.39 is 42.2 Å². The number of imide groups is 2. The van der Waals surface area contributed by atoms with Crippen molar-refractivity contribution >= 4 is 63.6 Å². The van der Waals surface area contributed by atoms with E-state index >= 15 is 0 Å². The maximum absolute atomic E-state index is 14.0. The number of fused-ring (bicyclic) bond motifs is 2. The van der Waals surface area contributed by atoms with Gasteiger partial charge in [-0.3, -0.25) is 44.0 Å². The predicted octanol–water partition coefficient (Wildman–Crippen LogP) is 5.57. The van der Waals surface area contributed by atoms with Crippen molar-refractivity contribution < 1.29 is 47.4 Å². The molecule has 6 amide bonds. The van der Waals surface area contributed by atoms with Gasteiger partial charge in [-0.25, -0.2) is 4.39 Å². The van der Waals surface area contributed by atoms with Gasteiger partial charge in [0.1, 0.15) is 30.0 Å². The third-order valence-corrected chi connectivity index (χ3v) is 11.4. The molecular formula is C43H43ClFN5O9. The molecule has 1 saturated carbocycles. The van der Waals surface area contributed by atoms with Crippen LogP contribution in [0.1, 0.15) is 77.6 Å². The van der Waals surface area contributed by atoms with Crippen LogP contribution in [0.4, 0.5) is 10.1 Å². The number of benzene rings is 3. The van der Waals surface area contributed by atoms with Crippen molar-refractivity contribution in [3.8, 4) is 11.5 Å². The van der Waals surface area contributed by atoms with E-state index in [9.17, 15) is 33.2 Å². The fourth-order valence-electron chi connectivity index (χ4n) is 7.96. The van der Waals surface area contributed by atoms with Gasteiger partial charge >= 0.3 is 0 Å². The molecule has 4 aromatic rings. The van der Waals surface area contributed by atoms with Crippen LogP contribution in [0.15, 0.2) is 66.9 Å². The summed E-state index contributed by atoms with van der Waals surface area (Å²) in [7, 11) is 0. The maximum Gasteiger partial charge on any atom is 0.266 e. The van der Waals surface area contributed by atoms with Crippen LogP contribution in [0.3, 0.4) is 0 Å². The normalized spacial score (nSPS) is 19.6. The first kappa shape index (κ1) is 41.2. The molecule has 308 valence electrons. The van der Waals surface area contributed by atoms with Gasteiger partial charge in [0.15, 0.2) is 6.61 Å². The van der Waals surface area contributed by atoms with E-state index in [-0.39, 0.29) is 85.6 Å². The Balaban J connectivity index is 0.803. The smallest absolute Gasteiger partial charge is 0.266 e. The second-order valence-electron chi connectivity index (χ2n) is 14.8. The van der Waals surface area contributed by atoms with Crippen molar-refractivity contribution in [3.63, 3.8) is 0 Å². The number of nitrogens with one attached hydrogen (secondary N) is 3. The largest absolute Gasteiger partial charge is 0.490 e. The van der Waals surface area contributed by atoms with E-state index in [2.05, 4.69) is 20.9 Å². The summed E-state index contributed by atoms with van der Waals surface area (Å²) in [6, 6.07) is 15.0. The summed E-state index contributed by atoms with van der Waals surface area (Å²) in [5, 5.41) is 9.01. The molecule has 2 fully saturated rings. The number of anilines is 1. The highest BCUT2D eigenvalue weighted by Crippen LogP contribution is 2.41. The number of hydrogen-bond donors (Lipinski definition) is 3.